The summed E-state index contributed by atoms with van der Waals surface area (Å²) in [4.78, 5) is 11.0. The molecule has 1 aromatic heterocycles. The molecule has 5 heteroatoms. The van der Waals surface area contributed by atoms with Gasteiger partial charge in [-0.25, -0.2) is 4.68 Å². The molecule has 1 amide bonds. The number of benzene rings is 1. The van der Waals surface area contributed by atoms with Crippen molar-refractivity contribution in [3.05, 3.63) is 47.8 Å². The highest BCUT2D eigenvalue weighted by Crippen LogP contribution is 2.20. The summed E-state index contributed by atoms with van der Waals surface area (Å²) in [7, 11) is 0. The molecule has 0 radical (unpaired) electrons. The average Bonchev–Trinajstić information content (AvgIpc) is 2.78. The molecular weight excluding hydrogens is 218 g/mol. The van der Waals surface area contributed by atoms with E-state index in [1.807, 2.05) is 24.3 Å². The van der Waals surface area contributed by atoms with Crippen molar-refractivity contribution in [1.29, 1.82) is 0 Å². The monoisotopic (exact) mass is 231 g/mol. The summed E-state index contributed by atoms with van der Waals surface area (Å²) < 4.78 is 1.53. The van der Waals surface area contributed by atoms with Crippen LogP contribution in [0.25, 0.3) is 5.69 Å². The summed E-state index contributed by atoms with van der Waals surface area (Å²) in [6, 6.07) is 7.31. The molecule has 2 rings (SSSR count). The van der Waals surface area contributed by atoms with Gasteiger partial charge in [-0.3, -0.25) is 4.79 Å². The van der Waals surface area contributed by atoms with Gasteiger partial charge in [0.1, 0.15) is 0 Å². The maximum absolute atomic E-state index is 11.0. The Labute approximate surface area is 98.5 Å². The second kappa shape index (κ2) is 4.39. The zero-order valence-electron chi connectivity index (χ0n) is 9.37. The zero-order chi connectivity index (χ0) is 12.4. The average molecular weight is 231 g/mol. The highest BCUT2D eigenvalue weighted by molar-refractivity contribution is 5.92. The van der Waals surface area contributed by atoms with Crippen LogP contribution < -0.4 is 5.73 Å². The van der Waals surface area contributed by atoms with Crippen molar-refractivity contribution in [2.75, 3.05) is 0 Å². The number of rotatable bonds is 3. The van der Waals surface area contributed by atoms with Crippen LogP contribution in [0, 0.1) is 0 Å². The van der Waals surface area contributed by atoms with E-state index in [9.17, 15) is 9.90 Å². The van der Waals surface area contributed by atoms with Crippen molar-refractivity contribution in [2.24, 2.45) is 5.73 Å². The summed E-state index contributed by atoms with van der Waals surface area (Å²) in [6.45, 7) is 1.68. The lowest BCUT2D eigenvalue weighted by molar-refractivity contribution is 0.100. The fourth-order valence-electron chi connectivity index (χ4n) is 1.63. The summed E-state index contributed by atoms with van der Waals surface area (Å²) in [5.41, 5.74) is 6.97. The number of carbonyl (C=O) groups excluding carboxylic acids is 1. The quantitative estimate of drug-likeness (QED) is 0.827. The molecule has 3 N–H and O–H groups in total. The van der Waals surface area contributed by atoms with Crippen LogP contribution in [-0.4, -0.2) is 20.8 Å². The molecular formula is C12H13N3O2. The minimum atomic E-state index is -0.604. The summed E-state index contributed by atoms with van der Waals surface area (Å²) in [6.07, 6.45) is 2.34. The number of nitrogens with zero attached hydrogens (tertiary/aromatic N) is 2. The molecule has 0 saturated carbocycles. The van der Waals surface area contributed by atoms with E-state index in [2.05, 4.69) is 5.10 Å². The predicted molar refractivity (Wildman–Crippen MR) is 62.7 cm³/mol. The molecule has 2 aromatic rings. The van der Waals surface area contributed by atoms with Crippen LogP contribution in [0.5, 0.6) is 0 Å². The van der Waals surface area contributed by atoms with Crippen molar-refractivity contribution >= 4 is 5.91 Å². The number of aliphatic hydroxyl groups is 1. The van der Waals surface area contributed by atoms with Gasteiger partial charge in [-0.2, -0.15) is 5.10 Å². The Bertz CT molecular complexity index is 546. The van der Waals surface area contributed by atoms with Gasteiger partial charge >= 0.3 is 0 Å². The van der Waals surface area contributed by atoms with Crippen molar-refractivity contribution in [3.63, 3.8) is 0 Å². The molecule has 0 spiro atoms. The van der Waals surface area contributed by atoms with Crippen molar-refractivity contribution in [2.45, 2.75) is 13.0 Å². The van der Waals surface area contributed by atoms with E-state index in [1.54, 1.807) is 13.1 Å². The standard InChI is InChI=1S/C12H13N3O2/c1-8(16)10-4-2-3-5-11(10)15-7-9(6-14-15)12(13)17/h2-8,16H,1H3,(H2,13,17). The molecule has 5 nitrogen and oxygen atoms in total. The van der Waals surface area contributed by atoms with E-state index >= 15 is 0 Å². The van der Waals surface area contributed by atoms with Gasteiger partial charge in [-0.1, -0.05) is 18.2 Å². The number of para-hydroxylation sites is 1. The maximum atomic E-state index is 11.0. The summed E-state index contributed by atoms with van der Waals surface area (Å²) >= 11 is 0. The lowest BCUT2D eigenvalue weighted by Crippen LogP contribution is -2.09. The van der Waals surface area contributed by atoms with Crippen molar-refractivity contribution in [3.8, 4) is 5.69 Å². The smallest absolute Gasteiger partial charge is 0.251 e. The molecule has 1 heterocycles. The van der Waals surface area contributed by atoms with E-state index in [4.69, 9.17) is 5.73 Å². The molecule has 0 aliphatic rings. The Hall–Kier alpha value is -2.14. The van der Waals surface area contributed by atoms with Crippen LogP contribution in [0.2, 0.25) is 0 Å². The molecule has 1 unspecified atom stereocenters. The van der Waals surface area contributed by atoms with Gasteiger partial charge in [0.15, 0.2) is 0 Å². The fraction of sp³-hybridized carbons (Fsp3) is 0.167. The van der Waals surface area contributed by atoms with E-state index in [0.717, 1.165) is 11.3 Å². The molecule has 17 heavy (non-hydrogen) atoms. The van der Waals surface area contributed by atoms with Gasteiger partial charge in [0.05, 0.1) is 23.6 Å². The van der Waals surface area contributed by atoms with E-state index in [-0.39, 0.29) is 0 Å². The van der Waals surface area contributed by atoms with E-state index in [0.29, 0.717) is 5.56 Å². The van der Waals surface area contributed by atoms with E-state index < -0.39 is 12.0 Å². The topological polar surface area (TPSA) is 81.1 Å². The fourth-order valence-corrected chi connectivity index (χ4v) is 1.63. The van der Waals surface area contributed by atoms with Crippen LogP contribution in [0.15, 0.2) is 36.7 Å². The van der Waals surface area contributed by atoms with Gasteiger partial charge in [-0.05, 0) is 13.0 Å². The number of aromatic nitrogens is 2. The minimum Gasteiger partial charge on any atom is -0.389 e. The first-order valence-electron chi connectivity index (χ1n) is 5.21. The number of hydrogen-bond donors (Lipinski definition) is 2. The van der Waals surface area contributed by atoms with Crippen LogP contribution in [0.1, 0.15) is 28.9 Å². The third-order valence-corrected chi connectivity index (χ3v) is 2.50. The number of carbonyl (C=O) groups is 1. The van der Waals surface area contributed by atoms with Gasteiger partial charge in [-0.15, -0.1) is 0 Å². The lowest BCUT2D eigenvalue weighted by Gasteiger charge is -2.11. The third-order valence-electron chi connectivity index (χ3n) is 2.50. The van der Waals surface area contributed by atoms with Crippen LogP contribution in [0.3, 0.4) is 0 Å². The lowest BCUT2D eigenvalue weighted by atomic mass is 10.1. The number of primary amides is 1. The molecule has 1 atom stereocenters. The third kappa shape index (κ3) is 2.19. The Balaban J connectivity index is 2.48. The summed E-state index contributed by atoms with van der Waals surface area (Å²) in [5, 5.41) is 13.7. The molecule has 0 fully saturated rings. The molecule has 1 aromatic carbocycles. The van der Waals surface area contributed by atoms with Gasteiger partial charge in [0.25, 0.3) is 5.91 Å². The molecule has 0 bridgehead atoms. The Morgan fingerprint density at radius 2 is 2.18 bits per heavy atom. The zero-order valence-corrected chi connectivity index (χ0v) is 9.37. The van der Waals surface area contributed by atoms with Crippen molar-refractivity contribution < 1.29 is 9.90 Å². The van der Waals surface area contributed by atoms with Crippen molar-refractivity contribution in [1.82, 2.24) is 9.78 Å². The van der Waals surface area contributed by atoms with Crippen LogP contribution in [-0.2, 0) is 0 Å². The molecule has 0 saturated heterocycles. The number of amides is 1. The highest BCUT2D eigenvalue weighted by atomic mass is 16.3. The van der Waals surface area contributed by atoms with Crippen LogP contribution in [0.4, 0.5) is 0 Å². The first-order chi connectivity index (χ1) is 8.09. The number of nitrogens with two attached hydrogens (primary N) is 1. The molecule has 0 aliphatic carbocycles. The van der Waals surface area contributed by atoms with Gasteiger partial charge in [0.2, 0.25) is 0 Å². The Kier molecular flexibility index (Phi) is 2.93. The normalized spacial score (nSPS) is 12.4. The summed E-state index contributed by atoms with van der Waals surface area (Å²) in [5.74, 6) is -0.522. The van der Waals surface area contributed by atoms with Gasteiger partial charge < -0.3 is 10.8 Å². The van der Waals surface area contributed by atoms with Gasteiger partial charge in [0, 0.05) is 11.8 Å². The number of hydrogen-bond acceptors (Lipinski definition) is 3. The second-order valence-corrected chi connectivity index (χ2v) is 3.77. The first-order valence-corrected chi connectivity index (χ1v) is 5.21. The predicted octanol–water partition coefficient (Wildman–Crippen LogP) is 1.02. The largest absolute Gasteiger partial charge is 0.389 e. The highest BCUT2D eigenvalue weighted by Gasteiger charge is 2.11. The number of aliphatic hydroxyl groups excluding tert-OH is 1. The molecule has 0 aliphatic heterocycles. The Morgan fingerprint density at radius 3 is 2.76 bits per heavy atom. The maximum Gasteiger partial charge on any atom is 0.251 e. The Morgan fingerprint density at radius 1 is 1.47 bits per heavy atom. The van der Waals surface area contributed by atoms with Crippen LogP contribution >= 0.6 is 0 Å². The minimum absolute atomic E-state index is 0.338. The van der Waals surface area contributed by atoms with E-state index in [1.165, 1.54) is 10.9 Å². The molecule has 88 valence electrons. The first kappa shape index (κ1) is 11.3. The SMILES string of the molecule is CC(O)c1ccccc1-n1cc(C(N)=O)cn1. The second-order valence-electron chi connectivity index (χ2n) is 3.77.